The first-order valence-corrected chi connectivity index (χ1v) is 7.04. The molecule has 0 saturated heterocycles. The number of halogens is 1. The summed E-state index contributed by atoms with van der Waals surface area (Å²) in [6, 6.07) is 8.02. The molecule has 20 heavy (non-hydrogen) atoms. The van der Waals surface area contributed by atoms with Crippen LogP contribution >= 0.6 is 11.6 Å². The lowest BCUT2D eigenvalue weighted by Gasteiger charge is -2.08. The van der Waals surface area contributed by atoms with E-state index in [1.165, 1.54) is 5.39 Å². The molecule has 0 fully saturated rings. The number of nitrogens with two attached hydrogens (primary N) is 1. The summed E-state index contributed by atoms with van der Waals surface area (Å²) < 4.78 is 4.11. The molecule has 4 nitrogen and oxygen atoms in total. The summed E-state index contributed by atoms with van der Waals surface area (Å²) >= 11 is 6.37. The lowest BCUT2D eigenvalue weighted by atomic mass is 10.2. The Morgan fingerprint density at radius 3 is 2.85 bits per heavy atom. The predicted molar refractivity (Wildman–Crippen MR) is 83.1 cm³/mol. The highest BCUT2D eigenvalue weighted by Gasteiger charge is 2.13. The summed E-state index contributed by atoms with van der Waals surface area (Å²) in [5, 5.41) is 6.38. The number of nitrogen functional groups attached to an aromatic ring is 1. The summed E-state index contributed by atoms with van der Waals surface area (Å²) in [6.07, 6.45) is 2.06. The van der Waals surface area contributed by atoms with Crippen LogP contribution < -0.4 is 5.73 Å². The minimum absolute atomic E-state index is 0.695. The number of rotatable bonds is 3. The fourth-order valence-electron chi connectivity index (χ4n) is 2.52. The van der Waals surface area contributed by atoms with Gasteiger partial charge in [0.05, 0.1) is 28.5 Å². The first-order valence-electron chi connectivity index (χ1n) is 6.66. The van der Waals surface area contributed by atoms with Gasteiger partial charge in [-0.25, -0.2) is 0 Å². The average Bonchev–Trinajstić information content (AvgIpc) is 2.95. The van der Waals surface area contributed by atoms with E-state index in [4.69, 9.17) is 17.3 Å². The Hall–Kier alpha value is -1.94. The van der Waals surface area contributed by atoms with Crippen molar-refractivity contribution in [2.75, 3.05) is 5.73 Å². The highest BCUT2D eigenvalue weighted by molar-refractivity contribution is 6.31. The average molecular weight is 289 g/mol. The molecule has 0 amide bonds. The number of benzene rings is 1. The molecular weight excluding hydrogens is 272 g/mol. The van der Waals surface area contributed by atoms with E-state index in [0.29, 0.717) is 6.54 Å². The van der Waals surface area contributed by atoms with Crippen LogP contribution in [0.2, 0.25) is 5.02 Å². The van der Waals surface area contributed by atoms with Crippen molar-refractivity contribution < 1.29 is 0 Å². The second kappa shape index (κ2) is 4.87. The summed E-state index contributed by atoms with van der Waals surface area (Å²) in [4.78, 5) is 0. The molecule has 0 saturated carbocycles. The fraction of sp³-hybridized carbons (Fsp3) is 0.267. The maximum atomic E-state index is 6.37. The zero-order valence-corrected chi connectivity index (χ0v) is 12.4. The number of fused-ring (bicyclic) bond motifs is 1. The normalized spacial score (nSPS) is 11.3. The van der Waals surface area contributed by atoms with E-state index < -0.39 is 0 Å². The molecule has 0 unspecified atom stereocenters. The van der Waals surface area contributed by atoms with Gasteiger partial charge in [-0.3, -0.25) is 4.68 Å². The SMILES string of the molecule is CCn1nc(C)c(Cl)c1Cn1ccc2ccc(N)cc21. The van der Waals surface area contributed by atoms with Crippen LogP contribution in [-0.2, 0) is 13.1 Å². The second-order valence-corrected chi connectivity index (χ2v) is 5.30. The Morgan fingerprint density at radius 2 is 2.10 bits per heavy atom. The van der Waals surface area contributed by atoms with E-state index >= 15 is 0 Å². The Morgan fingerprint density at radius 1 is 1.30 bits per heavy atom. The van der Waals surface area contributed by atoms with E-state index in [-0.39, 0.29) is 0 Å². The van der Waals surface area contributed by atoms with Gasteiger partial charge in [0, 0.05) is 18.4 Å². The molecule has 0 radical (unpaired) electrons. The monoisotopic (exact) mass is 288 g/mol. The fourth-order valence-corrected chi connectivity index (χ4v) is 2.72. The van der Waals surface area contributed by atoms with Gasteiger partial charge in [0.25, 0.3) is 0 Å². The maximum Gasteiger partial charge on any atom is 0.0865 e. The number of aryl methyl sites for hydroxylation is 2. The Labute approximate surface area is 122 Å². The van der Waals surface area contributed by atoms with E-state index in [2.05, 4.69) is 28.9 Å². The summed E-state index contributed by atoms with van der Waals surface area (Å²) in [5.41, 5.74) is 9.67. The van der Waals surface area contributed by atoms with Gasteiger partial charge in [-0.1, -0.05) is 17.7 Å². The molecule has 0 aliphatic rings. The number of nitrogens with zero attached hydrogens (tertiary/aromatic N) is 3. The Bertz CT molecular complexity index is 770. The number of hydrogen-bond donors (Lipinski definition) is 1. The molecule has 5 heteroatoms. The van der Waals surface area contributed by atoms with Crippen LogP contribution in [0.1, 0.15) is 18.3 Å². The third-order valence-corrected chi connectivity index (χ3v) is 4.06. The first-order chi connectivity index (χ1) is 9.60. The molecule has 0 aliphatic carbocycles. The van der Waals surface area contributed by atoms with Crippen LogP contribution in [-0.4, -0.2) is 14.3 Å². The first kappa shape index (κ1) is 13.1. The molecule has 2 N–H and O–H groups in total. The number of anilines is 1. The highest BCUT2D eigenvalue weighted by Crippen LogP contribution is 2.24. The van der Waals surface area contributed by atoms with Crippen molar-refractivity contribution >= 4 is 28.2 Å². The predicted octanol–water partition coefficient (Wildman–Crippen LogP) is 3.45. The number of hydrogen-bond acceptors (Lipinski definition) is 2. The van der Waals surface area contributed by atoms with Gasteiger partial charge in [-0.2, -0.15) is 5.10 Å². The molecule has 0 bridgehead atoms. The highest BCUT2D eigenvalue weighted by atomic mass is 35.5. The van der Waals surface area contributed by atoms with Crippen LogP contribution in [0.15, 0.2) is 30.5 Å². The molecular formula is C15H17ClN4. The van der Waals surface area contributed by atoms with Crippen molar-refractivity contribution in [2.45, 2.75) is 26.9 Å². The molecule has 3 rings (SSSR count). The van der Waals surface area contributed by atoms with Crippen LogP contribution in [0.5, 0.6) is 0 Å². The molecule has 0 aliphatic heterocycles. The van der Waals surface area contributed by atoms with Gasteiger partial charge < -0.3 is 10.3 Å². The van der Waals surface area contributed by atoms with Crippen molar-refractivity contribution in [3.63, 3.8) is 0 Å². The molecule has 2 heterocycles. The second-order valence-electron chi connectivity index (χ2n) is 4.92. The molecule has 104 valence electrons. The molecule has 1 aromatic carbocycles. The standard InChI is InChI=1S/C15H17ClN4/c1-3-20-14(15(16)10(2)18-20)9-19-7-6-11-4-5-12(17)8-13(11)19/h4-8H,3,9,17H2,1-2H3. The smallest absolute Gasteiger partial charge is 0.0865 e. The lowest BCUT2D eigenvalue weighted by molar-refractivity contribution is 0.602. The molecule has 0 spiro atoms. The van der Waals surface area contributed by atoms with E-state index in [1.54, 1.807) is 0 Å². The van der Waals surface area contributed by atoms with Crippen LogP contribution in [0.25, 0.3) is 10.9 Å². The van der Waals surface area contributed by atoms with Gasteiger partial charge in [0.1, 0.15) is 0 Å². The van der Waals surface area contributed by atoms with Crippen molar-refractivity contribution in [3.8, 4) is 0 Å². The van der Waals surface area contributed by atoms with Crippen LogP contribution in [0.3, 0.4) is 0 Å². The lowest BCUT2D eigenvalue weighted by Crippen LogP contribution is -2.07. The van der Waals surface area contributed by atoms with E-state index in [9.17, 15) is 0 Å². The largest absolute Gasteiger partial charge is 0.399 e. The summed E-state index contributed by atoms with van der Waals surface area (Å²) in [7, 11) is 0. The minimum atomic E-state index is 0.695. The van der Waals surface area contributed by atoms with Gasteiger partial charge in [-0.05, 0) is 37.4 Å². The van der Waals surface area contributed by atoms with Gasteiger partial charge >= 0.3 is 0 Å². The molecule has 3 aromatic rings. The van der Waals surface area contributed by atoms with E-state index in [0.717, 1.165) is 34.2 Å². The third kappa shape index (κ3) is 2.06. The number of aromatic nitrogens is 3. The van der Waals surface area contributed by atoms with Gasteiger partial charge in [-0.15, -0.1) is 0 Å². The quantitative estimate of drug-likeness (QED) is 0.751. The maximum absolute atomic E-state index is 6.37. The van der Waals surface area contributed by atoms with Crippen molar-refractivity contribution in [1.29, 1.82) is 0 Å². The van der Waals surface area contributed by atoms with Crippen LogP contribution in [0, 0.1) is 6.92 Å². The van der Waals surface area contributed by atoms with Crippen molar-refractivity contribution in [2.24, 2.45) is 0 Å². The topological polar surface area (TPSA) is 48.8 Å². The minimum Gasteiger partial charge on any atom is -0.399 e. The van der Waals surface area contributed by atoms with Gasteiger partial charge in [0.15, 0.2) is 0 Å². The zero-order valence-electron chi connectivity index (χ0n) is 11.6. The molecule has 2 aromatic heterocycles. The zero-order chi connectivity index (χ0) is 14.3. The summed E-state index contributed by atoms with van der Waals surface area (Å²) in [6.45, 7) is 5.51. The van der Waals surface area contributed by atoms with Gasteiger partial charge in [0.2, 0.25) is 0 Å². The third-order valence-electron chi connectivity index (χ3n) is 3.57. The summed E-state index contributed by atoms with van der Waals surface area (Å²) in [5.74, 6) is 0. The van der Waals surface area contributed by atoms with Crippen LogP contribution in [0.4, 0.5) is 5.69 Å². The van der Waals surface area contributed by atoms with Crippen molar-refractivity contribution in [1.82, 2.24) is 14.3 Å². The Balaban J connectivity index is 2.07. The molecule has 0 atom stereocenters. The van der Waals surface area contributed by atoms with Crippen molar-refractivity contribution in [3.05, 3.63) is 46.9 Å². The Kier molecular flexibility index (Phi) is 3.18. The van der Waals surface area contributed by atoms with E-state index in [1.807, 2.05) is 29.8 Å².